The summed E-state index contributed by atoms with van der Waals surface area (Å²) in [6.45, 7) is 10.3. The van der Waals surface area contributed by atoms with E-state index in [0.717, 1.165) is 0 Å². The second kappa shape index (κ2) is 6.69. The maximum Gasteiger partial charge on any atom is 0.343 e. The van der Waals surface area contributed by atoms with E-state index in [-0.39, 0.29) is 24.4 Å². The molecule has 30 heavy (non-hydrogen) atoms. The molecule has 2 aliphatic rings. The number of esters is 1. The number of carbonyl (C=O) groups is 1. The van der Waals surface area contributed by atoms with Gasteiger partial charge in [0.25, 0.3) is 0 Å². The number of ether oxygens (including phenoxy) is 2. The van der Waals surface area contributed by atoms with Crippen LogP contribution in [-0.2, 0) is 11.3 Å². The van der Waals surface area contributed by atoms with E-state index in [2.05, 4.69) is 14.9 Å². The van der Waals surface area contributed by atoms with Crippen molar-refractivity contribution >= 4 is 23.1 Å². The fourth-order valence-corrected chi connectivity index (χ4v) is 3.61. The van der Waals surface area contributed by atoms with Crippen molar-refractivity contribution in [1.82, 2.24) is 14.6 Å². The predicted molar refractivity (Wildman–Crippen MR) is 105 cm³/mol. The molecular weight excluding hydrogens is 389 g/mol. The summed E-state index contributed by atoms with van der Waals surface area (Å²) in [5.74, 6) is -0.109. The first-order valence-electron chi connectivity index (χ1n) is 9.68. The van der Waals surface area contributed by atoms with Crippen LogP contribution in [0, 0.1) is 12.4 Å². The largest absolute Gasteiger partial charge is 0.485 e. The van der Waals surface area contributed by atoms with Crippen molar-refractivity contribution in [3.8, 4) is 5.75 Å². The van der Waals surface area contributed by atoms with Crippen LogP contribution in [0.1, 0.15) is 35.7 Å². The van der Waals surface area contributed by atoms with Crippen molar-refractivity contribution in [3.05, 3.63) is 59.0 Å². The minimum Gasteiger partial charge on any atom is -0.485 e. The quantitative estimate of drug-likeness (QED) is 0.454. The fraction of sp³-hybridized carbons (Fsp3) is 0.333. The van der Waals surface area contributed by atoms with Gasteiger partial charge in [0.2, 0.25) is 5.69 Å². The maximum absolute atomic E-state index is 14.4. The molecule has 1 spiro atoms. The molecule has 8 nitrogen and oxygen atoms in total. The van der Waals surface area contributed by atoms with Crippen molar-refractivity contribution in [2.24, 2.45) is 0 Å². The zero-order valence-corrected chi connectivity index (χ0v) is 16.3. The van der Waals surface area contributed by atoms with Crippen molar-refractivity contribution in [3.63, 3.8) is 0 Å². The minimum atomic E-state index is -0.662. The molecule has 9 heteroatoms. The number of benzene rings is 1. The molecular formula is C21H18FN5O3. The van der Waals surface area contributed by atoms with Gasteiger partial charge in [-0.1, -0.05) is 0 Å². The van der Waals surface area contributed by atoms with Gasteiger partial charge in [0.1, 0.15) is 35.2 Å². The monoisotopic (exact) mass is 407 g/mol. The summed E-state index contributed by atoms with van der Waals surface area (Å²) in [5.41, 5.74) is 0.378. The molecule has 2 bridgehead atoms. The number of aromatic nitrogens is 3. The smallest absolute Gasteiger partial charge is 0.343 e. The Hall–Kier alpha value is -3.67. The van der Waals surface area contributed by atoms with Crippen LogP contribution in [0.5, 0.6) is 5.75 Å². The average Bonchev–Trinajstić information content (AvgIpc) is 3.39. The van der Waals surface area contributed by atoms with Crippen molar-refractivity contribution in [2.45, 2.75) is 31.9 Å². The fourth-order valence-electron chi connectivity index (χ4n) is 3.61. The van der Waals surface area contributed by atoms with Crippen LogP contribution in [-0.4, -0.2) is 39.3 Å². The van der Waals surface area contributed by atoms with Gasteiger partial charge in [-0.15, -0.1) is 0 Å². The van der Waals surface area contributed by atoms with Crippen LogP contribution >= 0.6 is 0 Å². The summed E-state index contributed by atoms with van der Waals surface area (Å²) in [4.78, 5) is 22.6. The molecule has 1 aliphatic carbocycles. The van der Waals surface area contributed by atoms with E-state index in [9.17, 15) is 9.18 Å². The molecule has 0 atom stereocenters. The molecule has 1 aliphatic heterocycles. The van der Waals surface area contributed by atoms with E-state index in [0.29, 0.717) is 42.2 Å². The number of anilines is 1. The SMILES string of the molecule is [C-]#[N+]c1c(F)ccc2c1CN(CC)c1ccn3ncc(c3n1)C(=O)OCC1(CC1)O2. The highest BCUT2D eigenvalue weighted by atomic mass is 19.1. The van der Waals surface area contributed by atoms with E-state index >= 15 is 0 Å². The lowest BCUT2D eigenvalue weighted by Crippen LogP contribution is -2.28. The highest BCUT2D eigenvalue weighted by molar-refractivity contribution is 5.95. The Labute approximate surface area is 171 Å². The van der Waals surface area contributed by atoms with Crippen LogP contribution in [0.4, 0.5) is 15.9 Å². The Morgan fingerprint density at radius 1 is 1.33 bits per heavy atom. The summed E-state index contributed by atoms with van der Waals surface area (Å²) >= 11 is 0. The molecule has 1 fully saturated rings. The molecule has 0 N–H and O–H groups in total. The Kier molecular flexibility index (Phi) is 4.10. The molecule has 0 amide bonds. The van der Waals surface area contributed by atoms with Gasteiger partial charge in [0, 0.05) is 24.8 Å². The zero-order chi connectivity index (χ0) is 20.9. The number of rotatable bonds is 1. The van der Waals surface area contributed by atoms with Gasteiger partial charge in [-0.3, -0.25) is 0 Å². The minimum absolute atomic E-state index is 0.0600. The van der Waals surface area contributed by atoms with Gasteiger partial charge < -0.3 is 14.4 Å². The first kappa shape index (κ1) is 18.4. The third-order valence-electron chi connectivity index (χ3n) is 5.53. The van der Waals surface area contributed by atoms with E-state index in [4.69, 9.17) is 16.0 Å². The number of halogens is 1. The summed E-state index contributed by atoms with van der Waals surface area (Å²) < 4.78 is 27.7. The first-order valence-corrected chi connectivity index (χ1v) is 9.68. The number of carbonyl (C=O) groups excluding carboxylic acids is 1. The molecule has 3 heterocycles. The van der Waals surface area contributed by atoms with Crippen LogP contribution in [0.25, 0.3) is 10.5 Å². The van der Waals surface area contributed by atoms with Crippen molar-refractivity contribution in [2.75, 3.05) is 18.1 Å². The van der Waals surface area contributed by atoms with Crippen LogP contribution in [0.15, 0.2) is 30.6 Å². The van der Waals surface area contributed by atoms with Crippen LogP contribution in [0.2, 0.25) is 0 Å². The van der Waals surface area contributed by atoms with Gasteiger partial charge >= 0.3 is 5.97 Å². The number of fused-ring (bicyclic) bond motifs is 2. The van der Waals surface area contributed by atoms with Gasteiger partial charge in [-0.25, -0.2) is 23.5 Å². The van der Waals surface area contributed by atoms with Crippen molar-refractivity contribution in [1.29, 1.82) is 0 Å². The first-order chi connectivity index (χ1) is 14.5. The topological polar surface area (TPSA) is 73.3 Å². The Morgan fingerprint density at radius 2 is 2.17 bits per heavy atom. The highest BCUT2D eigenvalue weighted by Gasteiger charge is 2.48. The van der Waals surface area contributed by atoms with Crippen molar-refractivity contribution < 1.29 is 18.7 Å². The van der Waals surface area contributed by atoms with Gasteiger partial charge in [0.05, 0.1) is 12.8 Å². The third kappa shape index (κ3) is 2.92. The van der Waals surface area contributed by atoms with E-state index < -0.39 is 17.4 Å². The molecule has 5 rings (SSSR count). The second-order valence-corrected chi connectivity index (χ2v) is 7.47. The Morgan fingerprint density at radius 3 is 2.90 bits per heavy atom. The van der Waals surface area contributed by atoms with E-state index in [1.54, 1.807) is 18.3 Å². The molecule has 0 unspecified atom stereocenters. The molecule has 2 aromatic heterocycles. The summed E-state index contributed by atoms with van der Waals surface area (Å²) in [5, 5.41) is 4.18. The molecule has 152 valence electrons. The summed E-state index contributed by atoms with van der Waals surface area (Å²) in [6, 6.07) is 4.54. The summed E-state index contributed by atoms with van der Waals surface area (Å²) in [7, 11) is 0. The molecule has 1 saturated carbocycles. The zero-order valence-electron chi connectivity index (χ0n) is 16.3. The molecule has 0 radical (unpaired) electrons. The van der Waals surface area contributed by atoms with Crippen LogP contribution in [0.3, 0.4) is 0 Å². The lowest BCUT2D eigenvalue weighted by atomic mass is 10.1. The molecule has 1 aromatic carbocycles. The van der Waals surface area contributed by atoms with E-state index in [1.165, 1.54) is 16.8 Å². The number of hydrogen-bond acceptors (Lipinski definition) is 6. The van der Waals surface area contributed by atoms with Gasteiger partial charge in [-0.05, 0) is 38.0 Å². The Balaban J connectivity index is 1.69. The third-order valence-corrected chi connectivity index (χ3v) is 5.53. The normalized spacial score (nSPS) is 17.4. The maximum atomic E-state index is 14.4. The number of hydrogen-bond donors (Lipinski definition) is 0. The average molecular weight is 407 g/mol. The molecule has 0 saturated heterocycles. The lowest BCUT2D eigenvalue weighted by Gasteiger charge is -2.26. The highest BCUT2D eigenvalue weighted by Crippen LogP contribution is 2.44. The number of nitrogens with zero attached hydrogens (tertiary/aromatic N) is 5. The number of cyclic esters (lactones) is 1. The summed E-state index contributed by atoms with van der Waals surface area (Å²) in [6.07, 6.45) is 4.55. The molecule has 3 aromatic rings. The Bertz CT molecular complexity index is 1210. The van der Waals surface area contributed by atoms with Gasteiger partial charge in [0.15, 0.2) is 5.65 Å². The predicted octanol–water partition coefficient (Wildman–Crippen LogP) is 3.53. The lowest BCUT2D eigenvalue weighted by molar-refractivity contribution is 0.0250. The van der Waals surface area contributed by atoms with Gasteiger partial charge in [-0.2, -0.15) is 5.10 Å². The van der Waals surface area contributed by atoms with E-state index in [1.807, 2.05) is 11.8 Å². The standard InChI is InChI=1S/C21H18FN5O3/c1-3-26-11-14-16(5-4-15(22)18(14)23-2)30-21(7-8-21)12-29-20(28)13-10-24-27-9-6-17(26)25-19(13)27/h4-6,9-10H,3,7-8,11-12H2,1H3. The van der Waals surface area contributed by atoms with Crippen LogP contribution < -0.4 is 9.64 Å². The second-order valence-electron chi connectivity index (χ2n) is 7.47.